The van der Waals surface area contributed by atoms with Crippen LogP contribution in [0.15, 0.2) is 41.6 Å². The highest BCUT2D eigenvalue weighted by molar-refractivity contribution is 5.77. The van der Waals surface area contributed by atoms with Crippen LogP contribution in [0.2, 0.25) is 0 Å². The summed E-state index contributed by atoms with van der Waals surface area (Å²) >= 11 is 0. The number of imidazole rings is 1. The maximum absolute atomic E-state index is 12.1. The molecule has 3 aromatic rings. The molecule has 1 aromatic carbocycles. The molecule has 2 heterocycles. The summed E-state index contributed by atoms with van der Waals surface area (Å²) in [5.41, 5.74) is 1.71. The van der Waals surface area contributed by atoms with Gasteiger partial charge in [-0.15, -0.1) is 0 Å². The summed E-state index contributed by atoms with van der Waals surface area (Å²) in [4.78, 5) is 25.8. The third-order valence-corrected chi connectivity index (χ3v) is 3.85. The molecule has 0 aliphatic carbocycles. The maximum atomic E-state index is 12.1. The number of fused-ring (bicyclic) bond motifs is 1. The first-order valence-corrected chi connectivity index (χ1v) is 7.82. The Balaban J connectivity index is 1.72. The van der Waals surface area contributed by atoms with Crippen molar-refractivity contribution in [2.24, 2.45) is 0 Å². The van der Waals surface area contributed by atoms with Gasteiger partial charge in [0.15, 0.2) is 0 Å². The fourth-order valence-electron chi connectivity index (χ4n) is 2.67. The molecular formula is C17H21N5O2. The molecule has 0 spiro atoms. The second kappa shape index (κ2) is 7.37. The average molecular weight is 327 g/mol. The molecular weight excluding hydrogens is 306 g/mol. The van der Waals surface area contributed by atoms with Crippen molar-refractivity contribution < 1.29 is 4.74 Å². The molecule has 0 bridgehead atoms. The Labute approximate surface area is 139 Å². The topological polar surface area (TPSA) is 76.0 Å². The van der Waals surface area contributed by atoms with Crippen LogP contribution in [-0.4, -0.2) is 45.2 Å². The molecule has 0 aliphatic rings. The Bertz CT molecular complexity index is 871. The average Bonchev–Trinajstić information content (AvgIpc) is 2.99. The van der Waals surface area contributed by atoms with Gasteiger partial charge >= 0.3 is 0 Å². The van der Waals surface area contributed by atoms with E-state index >= 15 is 0 Å². The van der Waals surface area contributed by atoms with Crippen molar-refractivity contribution in [3.63, 3.8) is 0 Å². The Hall–Kier alpha value is -2.51. The zero-order valence-corrected chi connectivity index (χ0v) is 13.9. The number of benzene rings is 1. The van der Waals surface area contributed by atoms with Crippen LogP contribution in [-0.2, 0) is 24.4 Å². The van der Waals surface area contributed by atoms with E-state index in [0.717, 1.165) is 17.8 Å². The third kappa shape index (κ3) is 3.69. The molecule has 24 heavy (non-hydrogen) atoms. The van der Waals surface area contributed by atoms with Gasteiger partial charge in [-0.25, -0.2) is 9.97 Å². The minimum Gasteiger partial charge on any atom is -0.383 e. The van der Waals surface area contributed by atoms with Crippen LogP contribution in [0.3, 0.4) is 0 Å². The van der Waals surface area contributed by atoms with Crippen LogP contribution in [0.25, 0.3) is 10.9 Å². The number of hydrogen-bond donors (Lipinski definition) is 1. The van der Waals surface area contributed by atoms with Gasteiger partial charge in [0.05, 0.1) is 36.1 Å². The number of nitrogens with one attached hydrogen (secondary N) is 1. The Morgan fingerprint density at radius 1 is 1.29 bits per heavy atom. The fraction of sp³-hybridized carbons (Fsp3) is 0.353. The number of aromatic nitrogens is 4. The van der Waals surface area contributed by atoms with Crippen molar-refractivity contribution in [3.05, 3.63) is 58.7 Å². The summed E-state index contributed by atoms with van der Waals surface area (Å²) < 4.78 is 7.18. The van der Waals surface area contributed by atoms with Gasteiger partial charge in [0, 0.05) is 26.4 Å². The van der Waals surface area contributed by atoms with Crippen LogP contribution in [0.4, 0.5) is 0 Å². The number of para-hydroxylation sites is 1. The van der Waals surface area contributed by atoms with Crippen molar-refractivity contribution >= 4 is 10.9 Å². The molecule has 0 fully saturated rings. The number of nitrogens with zero attached hydrogens (tertiary/aromatic N) is 4. The highest BCUT2D eigenvalue weighted by atomic mass is 16.5. The van der Waals surface area contributed by atoms with Crippen molar-refractivity contribution in [2.45, 2.75) is 19.6 Å². The quantitative estimate of drug-likeness (QED) is 0.710. The van der Waals surface area contributed by atoms with E-state index in [2.05, 4.69) is 24.4 Å². The zero-order chi connectivity index (χ0) is 16.9. The SMILES string of the molecule is COCCn1cncc1CN(C)Cc1nc2ccccc2c(=O)[nH]1. The number of methoxy groups -OCH3 is 1. The van der Waals surface area contributed by atoms with Crippen molar-refractivity contribution in [2.75, 3.05) is 20.8 Å². The minimum atomic E-state index is -0.103. The maximum Gasteiger partial charge on any atom is 0.258 e. The fourth-order valence-corrected chi connectivity index (χ4v) is 2.67. The van der Waals surface area contributed by atoms with E-state index in [1.54, 1.807) is 19.5 Å². The lowest BCUT2D eigenvalue weighted by atomic mass is 10.2. The van der Waals surface area contributed by atoms with E-state index in [-0.39, 0.29) is 5.56 Å². The van der Waals surface area contributed by atoms with Crippen LogP contribution in [0.5, 0.6) is 0 Å². The standard InChI is InChI=1S/C17H21N5O2/c1-21(10-13-9-18-12-22(13)7-8-24-2)11-16-19-15-6-4-3-5-14(15)17(23)20-16/h3-6,9,12H,7-8,10-11H2,1-2H3,(H,19,20,23). The van der Waals surface area contributed by atoms with Crippen molar-refractivity contribution in [1.82, 2.24) is 24.4 Å². The molecule has 1 N–H and O–H groups in total. The van der Waals surface area contributed by atoms with Crippen LogP contribution >= 0.6 is 0 Å². The summed E-state index contributed by atoms with van der Waals surface area (Å²) in [7, 11) is 3.67. The predicted molar refractivity (Wildman–Crippen MR) is 91.6 cm³/mol. The first kappa shape index (κ1) is 16.4. The van der Waals surface area contributed by atoms with Gasteiger partial charge in [-0.05, 0) is 19.2 Å². The van der Waals surface area contributed by atoms with Gasteiger partial charge in [-0.1, -0.05) is 12.1 Å². The van der Waals surface area contributed by atoms with Gasteiger partial charge < -0.3 is 14.3 Å². The van der Waals surface area contributed by atoms with E-state index in [0.29, 0.717) is 30.9 Å². The molecule has 126 valence electrons. The summed E-state index contributed by atoms with van der Waals surface area (Å²) in [5.74, 6) is 0.657. The Morgan fingerprint density at radius 2 is 2.12 bits per heavy atom. The molecule has 7 nitrogen and oxygen atoms in total. The lowest BCUT2D eigenvalue weighted by Gasteiger charge is -2.17. The van der Waals surface area contributed by atoms with Gasteiger partial charge in [-0.3, -0.25) is 9.69 Å². The largest absolute Gasteiger partial charge is 0.383 e. The zero-order valence-electron chi connectivity index (χ0n) is 13.9. The molecule has 0 atom stereocenters. The number of aromatic amines is 1. The van der Waals surface area contributed by atoms with Crippen LogP contribution < -0.4 is 5.56 Å². The predicted octanol–water partition coefficient (Wildman–Crippen LogP) is 1.40. The first-order valence-electron chi connectivity index (χ1n) is 7.82. The second-order valence-corrected chi connectivity index (χ2v) is 5.77. The van der Waals surface area contributed by atoms with Crippen molar-refractivity contribution in [1.29, 1.82) is 0 Å². The van der Waals surface area contributed by atoms with E-state index in [4.69, 9.17) is 4.74 Å². The number of rotatable bonds is 7. The molecule has 2 aromatic heterocycles. The molecule has 0 radical (unpaired) electrons. The molecule has 7 heteroatoms. The minimum absolute atomic E-state index is 0.103. The van der Waals surface area contributed by atoms with E-state index < -0.39 is 0 Å². The van der Waals surface area contributed by atoms with Gasteiger partial charge in [0.1, 0.15) is 5.82 Å². The highest BCUT2D eigenvalue weighted by Crippen LogP contribution is 2.09. The van der Waals surface area contributed by atoms with Gasteiger partial charge in [0.2, 0.25) is 0 Å². The lowest BCUT2D eigenvalue weighted by molar-refractivity contribution is 0.185. The molecule has 0 saturated carbocycles. The van der Waals surface area contributed by atoms with Gasteiger partial charge in [-0.2, -0.15) is 0 Å². The highest BCUT2D eigenvalue weighted by Gasteiger charge is 2.09. The third-order valence-electron chi connectivity index (χ3n) is 3.85. The molecule has 3 rings (SSSR count). The summed E-state index contributed by atoms with van der Waals surface area (Å²) in [6.45, 7) is 2.67. The Morgan fingerprint density at radius 3 is 2.96 bits per heavy atom. The van der Waals surface area contributed by atoms with E-state index in [9.17, 15) is 4.79 Å². The molecule has 0 saturated heterocycles. The summed E-state index contributed by atoms with van der Waals surface area (Å²) in [6.07, 6.45) is 3.65. The number of ether oxygens (including phenoxy) is 1. The smallest absolute Gasteiger partial charge is 0.258 e. The number of H-pyrrole nitrogens is 1. The number of hydrogen-bond acceptors (Lipinski definition) is 5. The van der Waals surface area contributed by atoms with E-state index in [1.165, 1.54) is 0 Å². The summed E-state index contributed by atoms with van der Waals surface area (Å²) in [6, 6.07) is 7.36. The van der Waals surface area contributed by atoms with E-state index in [1.807, 2.05) is 31.4 Å². The molecule has 0 aliphatic heterocycles. The molecule has 0 amide bonds. The first-order chi connectivity index (χ1) is 11.7. The molecule has 0 unspecified atom stereocenters. The van der Waals surface area contributed by atoms with Gasteiger partial charge in [0.25, 0.3) is 5.56 Å². The summed E-state index contributed by atoms with van der Waals surface area (Å²) in [5, 5.41) is 0.613. The normalized spacial score (nSPS) is 11.5. The van der Waals surface area contributed by atoms with Crippen molar-refractivity contribution in [3.8, 4) is 0 Å². The lowest BCUT2D eigenvalue weighted by Crippen LogP contribution is -2.23. The van der Waals surface area contributed by atoms with Crippen LogP contribution in [0.1, 0.15) is 11.5 Å². The Kier molecular flexibility index (Phi) is 5.02. The second-order valence-electron chi connectivity index (χ2n) is 5.77. The van der Waals surface area contributed by atoms with Crippen LogP contribution in [0, 0.1) is 0 Å². The monoisotopic (exact) mass is 327 g/mol.